The molecule has 22 heavy (non-hydrogen) atoms. The predicted molar refractivity (Wildman–Crippen MR) is 90.8 cm³/mol. The molecule has 1 unspecified atom stereocenters. The molecular formula is C21H25F. The van der Waals surface area contributed by atoms with Gasteiger partial charge in [-0.05, 0) is 72.4 Å². The largest absolute Gasteiger partial charge is 0.207 e. The van der Waals surface area contributed by atoms with Gasteiger partial charge in [-0.15, -0.1) is 0 Å². The van der Waals surface area contributed by atoms with E-state index >= 15 is 0 Å². The number of fused-ring (bicyclic) bond motifs is 1. The van der Waals surface area contributed by atoms with E-state index in [1.165, 1.54) is 54.4 Å². The van der Waals surface area contributed by atoms with Crippen molar-refractivity contribution in [1.82, 2.24) is 0 Å². The Morgan fingerprint density at radius 3 is 2.59 bits per heavy atom. The first-order valence-electron chi connectivity index (χ1n) is 8.62. The molecule has 0 nitrogen and oxygen atoms in total. The number of aryl methyl sites for hydroxylation is 2. The summed E-state index contributed by atoms with van der Waals surface area (Å²) in [5.74, 6) is 0.435. The van der Waals surface area contributed by atoms with Gasteiger partial charge in [0.1, 0.15) is 5.82 Å². The lowest BCUT2D eigenvalue weighted by Gasteiger charge is -2.25. The van der Waals surface area contributed by atoms with Gasteiger partial charge in [0.25, 0.3) is 0 Å². The van der Waals surface area contributed by atoms with Crippen LogP contribution in [-0.2, 0) is 19.3 Å². The Kier molecular flexibility index (Phi) is 4.92. The molecular weight excluding hydrogens is 271 g/mol. The second kappa shape index (κ2) is 7.09. The van der Waals surface area contributed by atoms with Crippen LogP contribution in [0.3, 0.4) is 0 Å². The minimum absolute atomic E-state index is 0.106. The molecule has 3 rings (SSSR count). The summed E-state index contributed by atoms with van der Waals surface area (Å²) in [5, 5.41) is 0. The van der Waals surface area contributed by atoms with Crippen LogP contribution in [0.5, 0.6) is 0 Å². The van der Waals surface area contributed by atoms with Crippen LogP contribution >= 0.6 is 0 Å². The number of hydrogen-bond donors (Lipinski definition) is 0. The summed E-state index contributed by atoms with van der Waals surface area (Å²) in [4.78, 5) is 0. The summed E-state index contributed by atoms with van der Waals surface area (Å²) in [6.45, 7) is 2.24. The SMILES string of the molecule is CCCCCc1ccc(C2CCc3ccc(F)cc3C2)cc1. The fourth-order valence-electron chi connectivity index (χ4n) is 3.55. The highest BCUT2D eigenvalue weighted by molar-refractivity contribution is 5.35. The van der Waals surface area contributed by atoms with Crippen molar-refractivity contribution in [1.29, 1.82) is 0 Å². The van der Waals surface area contributed by atoms with Gasteiger partial charge in [-0.1, -0.05) is 50.1 Å². The van der Waals surface area contributed by atoms with E-state index in [9.17, 15) is 4.39 Å². The monoisotopic (exact) mass is 296 g/mol. The first kappa shape index (κ1) is 15.3. The van der Waals surface area contributed by atoms with Gasteiger partial charge in [0.05, 0.1) is 0 Å². The molecule has 0 heterocycles. The number of benzene rings is 2. The average Bonchev–Trinajstić information content (AvgIpc) is 2.55. The van der Waals surface area contributed by atoms with Crippen LogP contribution in [0.15, 0.2) is 42.5 Å². The number of rotatable bonds is 5. The normalized spacial score (nSPS) is 17.3. The summed E-state index contributed by atoms with van der Waals surface area (Å²) >= 11 is 0. The van der Waals surface area contributed by atoms with Gasteiger partial charge in [-0.2, -0.15) is 0 Å². The molecule has 0 saturated heterocycles. The quantitative estimate of drug-likeness (QED) is 0.609. The van der Waals surface area contributed by atoms with E-state index < -0.39 is 0 Å². The molecule has 116 valence electrons. The summed E-state index contributed by atoms with van der Waals surface area (Å²) < 4.78 is 13.4. The van der Waals surface area contributed by atoms with E-state index in [1.54, 1.807) is 12.1 Å². The van der Waals surface area contributed by atoms with Crippen molar-refractivity contribution in [3.05, 3.63) is 70.5 Å². The molecule has 0 N–H and O–H groups in total. The minimum Gasteiger partial charge on any atom is -0.207 e. The van der Waals surface area contributed by atoms with Crippen molar-refractivity contribution < 1.29 is 4.39 Å². The van der Waals surface area contributed by atoms with Crippen LogP contribution in [-0.4, -0.2) is 0 Å². The van der Waals surface area contributed by atoms with E-state index in [0.29, 0.717) is 5.92 Å². The van der Waals surface area contributed by atoms with Gasteiger partial charge in [0.15, 0.2) is 0 Å². The number of hydrogen-bond acceptors (Lipinski definition) is 0. The maximum absolute atomic E-state index is 13.4. The number of halogens is 1. The molecule has 0 aliphatic heterocycles. The molecule has 0 fully saturated rings. The molecule has 0 spiro atoms. The standard InChI is InChI=1S/C21H25F/c1-2-3-4-5-16-6-8-17(9-7-16)19-11-10-18-12-13-21(22)15-20(18)14-19/h6-9,12-13,15,19H,2-5,10-11,14H2,1H3. The van der Waals surface area contributed by atoms with Crippen LogP contribution in [0.4, 0.5) is 4.39 Å². The van der Waals surface area contributed by atoms with E-state index in [-0.39, 0.29) is 5.82 Å². The highest BCUT2D eigenvalue weighted by atomic mass is 19.1. The van der Waals surface area contributed by atoms with E-state index in [1.807, 2.05) is 6.07 Å². The van der Waals surface area contributed by atoms with Crippen molar-refractivity contribution in [2.24, 2.45) is 0 Å². The van der Waals surface area contributed by atoms with Gasteiger partial charge in [0.2, 0.25) is 0 Å². The molecule has 2 aromatic rings. The second-order valence-corrected chi connectivity index (χ2v) is 6.55. The maximum Gasteiger partial charge on any atom is 0.123 e. The van der Waals surface area contributed by atoms with E-state index in [0.717, 1.165) is 12.8 Å². The van der Waals surface area contributed by atoms with Gasteiger partial charge in [-0.3, -0.25) is 0 Å². The molecule has 0 bridgehead atoms. The van der Waals surface area contributed by atoms with Crippen LogP contribution in [0.25, 0.3) is 0 Å². The average molecular weight is 296 g/mol. The predicted octanol–water partition coefficient (Wildman–Crippen LogP) is 5.83. The van der Waals surface area contributed by atoms with Gasteiger partial charge in [-0.25, -0.2) is 4.39 Å². The van der Waals surface area contributed by atoms with Crippen molar-refractivity contribution in [2.75, 3.05) is 0 Å². The molecule has 0 saturated carbocycles. The Bertz CT molecular complexity index is 612. The van der Waals surface area contributed by atoms with Crippen molar-refractivity contribution in [3.63, 3.8) is 0 Å². The Labute approximate surface area is 133 Å². The Morgan fingerprint density at radius 2 is 1.82 bits per heavy atom. The topological polar surface area (TPSA) is 0 Å². The molecule has 1 atom stereocenters. The van der Waals surface area contributed by atoms with Crippen LogP contribution in [0.1, 0.15) is 60.8 Å². The lowest BCUT2D eigenvalue weighted by atomic mass is 9.80. The molecule has 1 aliphatic carbocycles. The third-order valence-electron chi connectivity index (χ3n) is 4.92. The van der Waals surface area contributed by atoms with Crippen LogP contribution in [0, 0.1) is 5.82 Å². The third kappa shape index (κ3) is 3.58. The summed E-state index contributed by atoms with van der Waals surface area (Å²) in [6.07, 6.45) is 8.27. The molecule has 1 heteroatoms. The van der Waals surface area contributed by atoms with Crippen molar-refractivity contribution in [2.45, 2.75) is 57.8 Å². The zero-order valence-electron chi connectivity index (χ0n) is 13.4. The van der Waals surface area contributed by atoms with Crippen LogP contribution < -0.4 is 0 Å². The molecule has 0 amide bonds. The number of unbranched alkanes of at least 4 members (excludes halogenated alkanes) is 2. The Hall–Kier alpha value is -1.63. The molecule has 0 aromatic heterocycles. The summed E-state index contributed by atoms with van der Waals surface area (Å²) in [5.41, 5.74) is 5.38. The Morgan fingerprint density at radius 1 is 1.00 bits per heavy atom. The highest BCUT2D eigenvalue weighted by Crippen LogP contribution is 2.33. The van der Waals surface area contributed by atoms with Crippen molar-refractivity contribution >= 4 is 0 Å². The summed E-state index contributed by atoms with van der Waals surface area (Å²) in [6, 6.07) is 14.4. The van der Waals surface area contributed by atoms with Gasteiger partial charge < -0.3 is 0 Å². The smallest absolute Gasteiger partial charge is 0.123 e. The van der Waals surface area contributed by atoms with Crippen LogP contribution in [0.2, 0.25) is 0 Å². The fourth-order valence-corrected chi connectivity index (χ4v) is 3.55. The van der Waals surface area contributed by atoms with E-state index in [2.05, 4.69) is 31.2 Å². The molecule has 1 aliphatic rings. The third-order valence-corrected chi connectivity index (χ3v) is 4.92. The molecule has 0 radical (unpaired) electrons. The second-order valence-electron chi connectivity index (χ2n) is 6.55. The minimum atomic E-state index is -0.106. The van der Waals surface area contributed by atoms with Gasteiger partial charge >= 0.3 is 0 Å². The lowest BCUT2D eigenvalue weighted by molar-refractivity contribution is 0.571. The first-order valence-corrected chi connectivity index (χ1v) is 8.62. The lowest BCUT2D eigenvalue weighted by Crippen LogP contribution is -2.13. The van der Waals surface area contributed by atoms with Gasteiger partial charge in [0, 0.05) is 0 Å². The summed E-state index contributed by atoms with van der Waals surface area (Å²) in [7, 11) is 0. The zero-order chi connectivity index (χ0) is 15.4. The van der Waals surface area contributed by atoms with Crippen molar-refractivity contribution in [3.8, 4) is 0 Å². The maximum atomic E-state index is 13.4. The zero-order valence-corrected chi connectivity index (χ0v) is 13.4. The highest BCUT2D eigenvalue weighted by Gasteiger charge is 2.20. The Balaban J connectivity index is 1.67. The van der Waals surface area contributed by atoms with E-state index in [4.69, 9.17) is 0 Å². The fraction of sp³-hybridized carbons (Fsp3) is 0.429. The first-order chi connectivity index (χ1) is 10.8. The molecule has 2 aromatic carbocycles.